The molecule has 0 saturated heterocycles. The number of para-hydroxylation sites is 1. The quantitative estimate of drug-likeness (QED) is 0.381. The SMILES string of the molecule is Nc1ccc(-c2ccc(-c3ccc4ccccc4n3)cc2)c2ccccc12. The largest absolute Gasteiger partial charge is 0.398 e. The topological polar surface area (TPSA) is 38.9 Å². The Morgan fingerprint density at radius 3 is 2.11 bits per heavy atom. The summed E-state index contributed by atoms with van der Waals surface area (Å²) in [5.41, 5.74) is 12.4. The van der Waals surface area contributed by atoms with E-state index in [-0.39, 0.29) is 0 Å². The molecule has 0 fully saturated rings. The van der Waals surface area contributed by atoms with Gasteiger partial charge in [0.25, 0.3) is 0 Å². The minimum absolute atomic E-state index is 0.811. The summed E-state index contributed by atoms with van der Waals surface area (Å²) in [5.74, 6) is 0. The number of anilines is 1. The molecule has 0 spiro atoms. The molecule has 0 aliphatic heterocycles. The Labute approximate surface area is 157 Å². The van der Waals surface area contributed by atoms with Crippen LogP contribution >= 0.6 is 0 Å². The first-order valence-electron chi connectivity index (χ1n) is 9.03. The van der Waals surface area contributed by atoms with Crippen molar-refractivity contribution in [3.8, 4) is 22.4 Å². The van der Waals surface area contributed by atoms with Crippen molar-refractivity contribution in [3.05, 3.63) is 97.1 Å². The number of nitrogen functional groups attached to an aromatic ring is 1. The van der Waals surface area contributed by atoms with Gasteiger partial charge in [-0.1, -0.05) is 78.9 Å². The number of hydrogen-bond acceptors (Lipinski definition) is 2. The van der Waals surface area contributed by atoms with Gasteiger partial charge in [0.1, 0.15) is 0 Å². The van der Waals surface area contributed by atoms with Crippen LogP contribution in [0.1, 0.15) is 0 Å². The van der Waals surface area contributed by atoms with Crippen molar-refractivity contribution < 1.29 is 0 Å². The van der Waals surface area contributed by atoms with E-state index in [4.69, 9.17) is 10.7 Å². The van der Waals surface area contributed by atoms with Crippen LogP contribution in [-0.4, -0.2) is 4.98 Å². The number of nitrogens with two attached hydrogens (primary N) is 1. The lowest BCUT2D eigenvalue weighted by molar-refractivity contribution is 1.40. The van der Waals surface area contributed by atoms with Crippen molar-refractivity contribution in [1.29, 1.82) is 0 Å². The molecule has 0 saturated carbocycles. The zero-order valence-electron chi connectivity index (χ0n) is 14.8. The summed E-state index contributed by atoms with van der Waals surface area (Å²) in [6.45, 7) is 0. The van der Waals surface area contributed by atoms with Crippen LogP contribution in [0.4, 0.5) is 5.69 Å². The second-order valence-electron chi connectivity index (χ2n) is 6.71. The number of aromatic nitrogens is 1. The maximum atomic E-state index is 6.14. The first-order valence-corrected chi connectivity index (χ1v) is 9.03. The lowest BCUT2D eigenvalue weighted by Crippen LogP contribution is -1.89. The van der Waals surface area contributed by atoms with E-state index in [9.17, 15) is 0 Å². The first-order chi connectivity index (χ1) is 13.3. The molecule has 0 unspecified atom stereocenters. The Bertz CT molecular complexity index is 1270. The van der Waals surface area contributed by atoms with Crippen molar-refractivity contribution in [2.45, 2.75) is 0 Å². The number of rotatable bonds is 2. The number of hydrogen-bond donors (Lipinski definition) is 1. The van der Waals surface area contributed by atoms with E-state index in [0.29, 0.717) is 0 Å². The zero-order chi connectivity index (χ0) is 18.2. The molecule has 5 rings (SSSR count). The molecule has 2 N–H and O–H groups in total. The molecule has 0 radical (unpaired) electrons. The summed E-state index contributed by atoms with van der Waals surface area (Å²) in [7, 11) is 0. The van der Waals surface area contributed by atoms with Crippen LogP contribution in [0.15, 0.2) is 97.1 Å². The van der Waals surface area contributed by atoms with Gasteiger partial charge in [-0.05, 0) is 34.7 Å². The van der Waals surface area contributed by atoms with Gasteiger partial charge in [-0.3, -0.25) is 0 Å². The summed E-state index contributed by atoms with van der Waals surface area (Å²) in [6, 6.07) is 33.3. The van der Waals surface area contributed by atoms with E-state index < -0.39 is 0 Å². The van der Waals surface area contributed by atoms with E-state index in [0.717, 1.165) is 33.2 Å². The summed E-state index contributed by atoms with van der Waals surface area (Å²) < 4.78 is 0. The van der Waals surface area contributed by atoms with Crippen molar-refractivity contribution in [3.63, 3.8) is 0 Å². The number of nitrogens with zero attached hydrogens (tertiary/aromatic N) is 1. The molecule has 128 valence electrons. The van der Waals surface area contributed by atoms with Gasteiger partial charge in [0.05, 0.1) is 11.2 Å². The van der Waals surface area contributed by atoms with Gasteiger partial charge in [-0.15, -0.1) is 0 Å². The molecule has 2 heteroatoms. The maximum Gasteiger partial charge on any atom is 0.0709 e. The van der Waals surface area contributed by atoms with Gasteiger partial charge in [0.2, 0.25) is 0 Å². The molecule has 1 heterocycles. The highest BCUT2D eigenvalue weighted by atomic mass is 14.7. The molecule has 1 aromatic heterocycles. The molecule has 27 heavy (non-hydrogen) atoms. The average molecular weight is 346 g/mol. The summed E-state index contributed by atoms with van der Waals surface area (Å²) in [4.78, 5) is 4.79. The van der Waals surface area contributed by atoms with E-state index in [2.05, 4.69) is 66.7 Å². The van der Waals surface area contributed by atoms with E-state index >= 15 is 0 Å². The highest BCUT2D eigenvalue weighted by Gasteiger charge is 2.07. The fourth-order valence-electron chi connectivity index (χ4n) is 3.62. The standard InChI is InChI=1S/C25H18N2/c26-23-15-14-20(21-6-2-3-7-22(21)23)17-9-11-19(12-10-17)25-16-13-18-5-1-4-8-24(18)27-25/h1-16H,26H2. The predicted octanol–water partition coefficient (Wildman–Crippen LogP) is 6.30. The zero-order valence-corrected chi connectivity index (χ0v) is 14.8. The third-order valence-electron chi connectivity index (χ3n) is 5.05. The average Bonchev–Trinajstić information content (AvgIpc) is 2.74. The van der Waals surface area contributed by atoms with Gasteiger partial charge in [0, 0.05) is 22.0 Å². The molecular formula is C25H18N2. The smallest absolute Gasteiger partial charge is 0.0709 e. The molecule has 5 aromatic rings. The Morgan fingerprint density at radius 1 is 0.556 bits per heavy atom. The Morgan fingerprint density at radius 2 is 1.26 bits per heavy atom. The third kappa shape index (κ3) is 2.72. The van der Waals surface area contributed by atoms with Gasteiger partial charge >= 0.3 is 0 Å². The van der Waals surface area contributed by atoms with Gasteiger partial charge in [0.15, 0.2) is 0 Å². The normalized spacial score (nSPS) is 11.1. The minimum Gasteiger partial charge on any atom is -0.398 e. The van der Waals surface area contributed by atoms with Crippen LogP contribution in [0.25, 0.3) is 44.1 Å². The third-order valence-corrected chi connectivity index (χ3v) is 5.05. The van der Waals surface area contributed by atoms with Crippen LogP contribution < -0.4 is 5.73 Å². The molecule has 0 aliphatic carbocycles. The lowest BCUT2D eigenvalue weighted by Gasteiger charge is -2.10. The van der Waals surface area contributed by atoms with Crippen molar-refractivity contribution in [2.75, 3.05) is 5.73 Å². The lowest BCUT2D eigenvalue weighted by atomic mass is 9.96. The van der Waals surface area contributed by atoms with Crippen LogP contribution in [0.3, 0.4) is 0 Å². The van der Waals surface area contributed by atoms with Crippen LogP contribution in [0, 0.1) is 0 Å². The second-order valence-corrected chi connectivity index (χ2v) is 6.71. The monoisotopic (exact) mass is 346 g/mol. The molecular weight excluding hydrogens is 328 g/mol. The Kier molecular flexibility index (Phi) is 3.61. The number of pyridine rings is 1. The highest BCUT2D eigenvalue weighted by Crippen LogP contribution is 2.33. The van der Waals surface area contributed by atoms with Crippen LogP contribution in [-0.2, 0) is 0 Å². The van der Waals surface area contributed by atoms with Gasteiger partial charge < -0.3 is 5.73 Å². The van der Waals surface area contributed by atoms with Crippen molar-refractivity contribution in [1.82, 2.24) is 4.98 Å². The van der Waals surface area contributed by atoms with E-state index in [1.165, 1.54) is 16.5 Å². The van der Waals surface area contributed by atoms with Gasteiger partial charge in [-0.25, -0.2) is 4.98 Å². The molecule has 4 aromatic carbocycles. The van der Waals surface area contributed by atoms with E-state index in [1.54, 1.807) is 0 Å². The van der Waals surface area contributed by atoms with E-state index in [1.807, 2.05) is 30.3 Å². The molecule has 2 nitrogen and oxygen atoms in total. The second kappa shape index (κ2) is 6.26. The molecule has 0 aliphatic rings. The number of fused-ring (bicyclic) bond motifs is 2. The summed E-state index contributed by atoms with van der Waals surface area (Å²) in [6.07, 6.45) is 0. The molecule has 0 amide bonds. The van der Waals surface area contributed by atoms with Crippen molar-refractivity contribution >= 4 is 27.4 Å². The van der Waals surface area contributed by atoms with Gasteiger partial charge in [-0.2, -0.15) is 0 Å². The fourth-order valence-corrected chi connectivity index (χ4v) is 3.62. The highest BCUT2D eigenvalue weighted by molar-refractivity contribution is 6.02. The van der Waals surface area contributed by atoms with Crippen molar-refractivity contribution in [2.24, 2.45) is 0 Å². The summed E-state index contributed by atoms with van der Waals surface area (Å²) >= 11 is 0. The Balaban J connectivity index is 1.58. The maximum absolute atomic E-state index is 6.14. The molecule has 0 atom stereocenters. The predicted molar refractivity (Wildman–Crippen MR) is 115 cm³/mol. The number of benzene rings is 4. The first kappa shape index (κ1) is 15.6. The Hall–Kier alpha value is -3.65. The van der Waals surface area contributed by atoms with Crippen LogP contribution in [0.2, 0.25) is 0 Å². The summed E-state index contributed by atoms with van der Waals surface area (Å²) in [5, 5.41) is 3.43. The minimum atomic E-state index is 0.811. The molecule has 0 bridgehead atoms. The van der Waals surface area contributed by atoms with Crippen LogP contribution in [0.5, 0.6) is 0 Å². The fraction of sp³-hybridized carbons (Fsp3) is 0.